The maximum Gasteiger partial charge on any atom is 0.329 e. The average Bonchev–Trinajstić information content (AvgIpc) is 2.93. The van der Waals surface area contributed by atoms with Crippen molar-refractivity contribution in [3.63, 3.8) is 0 Å². The Bertz CT molecular complexity index is 720. The third-order valence-corrected chi connectivity index (χ3v) is 3.93. The summed E-state index contributed by atoms with van der Waals surface area (Å²) in [6, 6.07) is 7.22. The highest BCUT2D eigenvalue weighted by atomic mass is 19.1. The van der Waals surface area contributed by atoms with E-state index in [1.165, 1.54) is 18.2 Å². The van der Waals surface area contributed by atoms with Crippen LogP contribution in [0.15, 0.2) is 30.3 Å². The zero-order valence-electron chi connectivity index (χ0n) is 11.6. The number of rotatable bonds is 4. The quantitative estimate of drug-likeness (QED) is 0.804. The number of nitrogens with one attached hydrogen (secondary N) is 2. The van der Waals surface area contributed by atoms with Crippen LogP contribution in [0.25, 0.3) is 11.3 Å². The first kappa shape index (κ1) is 14.2. The van der Waals surface area contributed by atoms with E-state index in [0.717, 1.165) is 6.42 Å². The monoisotopic (exact) mass is 303 g/mol. The minimum Gasteiger partial charge on any atom is -0.480 e. The predicted molar refractivity (Wildman–Crippen MR) is 75.7 cm³/mol. The minimum absolute atomic E-state index is 0.173. The Morgan fingerprint density at radius 1 is 1.27 bits per heavy atom. The molecule has 6 nitrogen and oxygen atoms in total. The van der Waals surface area contributed by atoms with Gasteiger partial charge in [0.2, 0.25) is 0 Å². The zero-order chi connectivity index (χ0) is 15.7. The number of carboxylic acid groups (broad SMARTS) is 1. The lowest BCUT2D eigenvalue weighted by atomic mass is 9.76. The molecule has 0 unspecified atom stereocenters. The topological polar surface area (TPSA) is 95.1 Å². The molecule has 2 aromatic rings. The van der Waals surface area contributed by atoms with Gasteiger partial charge < -0.3 is 10.4 Å². The van der Waals surface area contributed by atoms with Crippen molar-refractivity contribution in [3.05, 3.63) is 41.8 Å². The molecule has 3 rings (SSSR count). The number of hydrogen-bond donors (Lipinski definition) is 3. The van der Waals surface area contributed by atoms with Gasteiger partial charge in [-0.15, -0.1) is 0 Å². The summed E-state index contributed by atoms with van der Waals surface area (Å²) < 4.78 is 12.9. The van der Waals surface area contributed by atoms with Gasteiger partial charge >= 0.3 is 5.97 Å². The van der Waals surface area contributed by atoms with E-state index in [2.05, 4.69) is 15.5 Å². The van der Waals surface area contributed by atoms with Crippen molar-refractivity contribution in [3.8, 4) is 11.3 Å². The molecule has 1 aliphatic carbocycles. The third kappa shape index (κ3) is 2.45. The van der Waals surface area contributed by atoms with E-state index in [1.54, 1.807) is 12.1 Å². The number of nitrogens with zero attached hydrogens (tertiary/aromatic N) is 1. The summed E-state index contributed by atoms with van der Waals surface area (Å²) in [6.07, 6.45) is 1.62. The molecule has 1 aliphatic rings. The van der Waals surface area contributed by atoms with Crippen LogP contribution in [0, 0.1) is 5.82 Å². The molecule has 3 N–H and O–H groups in total. The average molecular weight is 303 g/mol. The van der Waals surface area contributed by atoms with E-state index in [4.69, 9.17) is 0 Å². The molecule has 1 amide bonds. The van der Waals surface area contributed by atoms with Crippen LogP contribution in [0.3, 0.4) is 0 Å². The standard InChI is InChI=1S/C15H14FN3O3/c16-10-4-2-9(3-5-10)11-8-12(19-18-11)13(20)17-15(14(21)22)6-1-7-15/h2-5,8H,1,6-7H2,(H,17,20)(H,18,19)(H,21,22). The fourth-order valence-corrected chi connectivity index (χ4v) is 2.41. The number of amides is 1. The van der Waals surface area contributed by atoms with Gasteiger partial charge in [0.1, 0.15) is 17.1 Å². The first-order chi connectivity index (χ1) is 10.5. The molecule has 0 radical (unpaired) electrons. The van der Waals surface area contributed by atoms with Gasteiger partial charge in [0, 0.05) is 5.56 Å². The van der Waals surface area contributed by atoms with Crippen LogP contribution in [0.1, 0.15) is 29.8 Å². The van der Waals surface area contributed by atoms with Crippen molar-refractivity contribution >= 4 is 11.9 Å². The number of carboxylic acids is 1. The van der Waals surface area contributed by atoms with Crippen LogP contribution in [-0.4, -0.2) is 32.7 Å². The molecule has 1 saturated carbocycles. The summed E-state index contributed by atoms with van der Waals surface area (Å²) in [5.74, 6) is -1.89. The minimum atomic E-state index is -1.17. The largest absolute Gasteiger partial charge is 0.480 e. The van der Waals surface area contributed by atoms with E-state index >= 15 is 0 Å². The molecule has 114 valence electrons. The van der Waals surface area contributed by atoms with Gasteiger partial charge in [-0.25, -0.2) is 9.18 Å². The molecule has 1 fully saturated rings. The van der Waals surface area contributed by atoms with Crippen molar-refractivity contribution in [1.29, 1.82) is 0 Å². The molecule has 22 heavy (non-hydrogen) atoms. The second-order valence-electron chi connectivity index (χ2n) is 5.37. The van der Waals surface area contributed by atoms with Crippen molar-refractivity contribution in [1.82, 2.24) is 15.5 Å². The number of carbonyl (C=O) groups is 2. The molecule has 7 heteroatoms. The molecular formula is C15H14FN3O3. The van der Waals surface area contributed by atoms with Gasteiger partial charge in [-0.2, -0.15) is 5.10 Å². The number of aliphatic carboxylic acids is 1. The van der Waals surface area contributed by atoms with Crippen LogP contribution >= 0.6 is 0 Å². The van der Waals surface area contributed by atoms with Crippen LogP contribution in [0.2, 0.25) is 0 Å². The van der Waals surface area contributed by atoms with Gasteiger partial charge in [-0.3, -0.25) is 9.89 Å². The Balaban J connectivity index is 1.77. The summed E-state index contributed by atoms with van der Waals surface area (Å²) in [6.45, 7) is 0. The highest BCUT2D eigenvalue weighted by Gasteiger charge is 2.45. The second kappa shape index (κ2) is 5.25. The van der Waals surface area contributed by atoms with Crippen LogP contribution < -0.4 is 5.32 Å². The maximum atomic E-state index is 12.9. The Labute approximate surface area is 125 Å². The van der Waals surface area contributed by atoms with Crippen LogP contribution in [-0.2, 0) is 4.79 Å². The highest BCUT2D eigenvalue weighted by Crippen LogP contribution is 2.32. The fourth-order valence-electron chi connectivity index (χ4n) is 2.41. The van der Waals surface area contributed by atoms with E-state index in [-0.39, 0.29) is 11.5 Å². The van der Waals surface area contributed by atoms with E-state index in [9.17, 15) is 19.1 Å². The maximum absolute atomic E-state index is 12.9. The Morgan fingerprint density at radius 3 is 2.50 bits per heavy atom. The smallest absolute Gasteiger partial charge is 0.329 e. The fraction of sp³-hybridized carbons (Fsp3) is 0.267. The SMILES string of the molecule is O=C(NC1(C(=O)O)CCC1)c1cc(-c2ccc(F)cc2)n[nH]1. The summed E-state index contributed by atoms with van der Waals surface area (Å²) in [7, 11) is 0. The van der Waals surface area contributed by atoms with Gasteiger partial charge in [-0.1, -0.05) is 0 Å². The predicted octanol–water partition coefficient (Wildman–Crippen LogP) is 1.95. The molecule has 0 spiro atoms. The number of aromatic nitrogens is 2. The molecule has 1 heterocycles. The summed E-state index contributed by atoms with van der Waals surface area (Å²) in [5, 5.41) is 18.3. The number of H-pyrrole nitrogens is 1. The van der Waals surface area contributed by atoms with Gasteiger partial charge in [0.25, 0.3) is 5.91 Å². The number of hydrogen-bond acceptors (Lipinski definition) is 3. The van der Waals surface area contributed by atoms with E-state index in [0.29, 0.717) is 24.1 Å². The van der Waals surface area contributed by atoms with Gasteiger partial charge in [0.05, 0.1) is 5.69 Å². The highest BCUT2D eigenvalue weighted by molar-refractivity contribution is 5.97. The van der Waals surface area contributed by atoms with Gasteiger partial charge in [0.15, 0.2) is 0 Å². The summed E-state index contributed by atoms with van der Waals surface area (Å²) in [5.41, 5.74) is 0.154. The van der Waals surface area contributed by atoms with Crippen LogP contribution in [0.5, 0.6) is 0 Å². The number of aromatic amines is 1. The lowest BCUT2D eigenvalue weighted by Gasteiger charge is -2.37. The lowest BCUT2D eigenvalue weighted by molar-refractivity contribution is -0.148. The second-order valence-corrected chi connectivity index (χ2v) is 5.37. The van der Waals surface area contributed by atoms with Crippen LogP contribution in [0.4, 0.5) is 4.39 Å². The Hall–Kier alpha value is -2.70. The molecular weight excluding hydrogens is 289 g/mol. The molecule has 0 atom stereocenters. The Kier molecular flexibility index (Phi) is 3.40. The Morgan fingerprint density at radius 2 is 1.95 bits per heavy atom. The van der Waals surface area contributed by atoms with Crippen molar-refractivity contribution in [2.24, 2.45) is 0 Å². The normalized spacial score (nSPS) is 15.9. The summed E-state index contributed by atoms with van der Waals surface area (Å²) in [4.78, 5) is 23.4. The third-order valence-electron chi connectivity index (χ3n) is 3.93. The molecule has 1 aromatic carbocycles. The molecule has 0 saturated heterocycles. The number of halogens is 1. The van der Waals surface area contributed by atoms with E-state index < -0.39 is 17.4 Å². The number of carbonyl (C=O) groups excluding carboxylic acids is 1. The molecule has 0 bridgehead atoms. The molecule has 0 aliphatic heterocycles. The van der Waals surface area contributed by atoms with E-state index in [1.807, 2.05) is 0 Å². The summed E-state index contributed by atoms with van der Waals surface area (Å²) >= 11 is 0. The van der Waals surface area contributed by atoms with Crippen molar-refractivity contribution in [2.75, 3.05) is 0 Å². The van der Waals surface area contributed by atoms with Gasteiger partial charge in [-0.05, 0) is 49.6 Å². The lowest BCUT2D eigenvalue weighted by Crippen LogP contribution is -2.59. The first-order valence-corrected chi connectivity index (χ1v) is 6.87. The first-order valence-electron chi connectivity index (χ1n) is 6.87. The molecule has 1 aromatic heterocycles. The number of benzene rings is 1. The van der Waals surface area contributed by atoms with Crippen molar-refractivity contribution < 1.29 is 19.1 Å². The zero-order valence-corrected chi connectivity index (χ0v) is 11.6. The van der Waals surface area contributed by atoms with Crippen molar-refractivity contribution in [2.45, 2.75) is 24.8 Å².